The van der Waals surface area contributed by atoms with E-state index in [1.165, 1.54) is 0 Å². The van der Waals surface area contributed by atoms with Gasteiger partial charge in [0.25, 0.3) is 0 Å². The van der Waals surface area contributed by atoms with Crippen molar-refractivity contribution in [2.45, 2.75) is 51.7 Å². The Balaban J connectivity index is 1.94. The van der Waals surface area contributed by atoms with Crippen molar-refractivity contribution in [2.24, 2.45) is 0 Å². The van der Waals surface area contributed by atoms with Crippen LogP contribution in [0.25, 0.3) is 0 Å². The summed E-state index contributed by atoms with van der Waals surface area (Å²) in [5.74, 6) is 0. The van der Waals surface area contributed by atoms with Crippen LogP contribution in [-0.2, 0) is 4.74 Å². The largest absolute Gasteiger partial charge is 0.444 e. The lowest BCUT2D eigenvalue weighted by Crippen LogP contribution is -2.37. The summed E-state index contributed by atoms with van der Waals surface area (Å²) < 4.78 is 7.33. The lowest BCUT2D eigenvalue weighted by atomic mass is 10.1. The summed E-state index contributed by atoms with van der Waals surface area (Å²) in [6.07, 6.45) is 6.12. The number of carbonyl (C=O) groups excluding carboxylic acids is 1. The van der Waals surface area contributed by atoms with Crippen LogP contribution in [0.3, 0.4) is 0 Å². The van der Waals surface area contributed by atoms with Gasteiger partial charge in [0, 0.05) is 19.3 Å². The molecule has 0 aromatic carbocycles. The van der Waals surface area contributed by atoms with Gasteiger partial charge < -0.3 is 15.4 Å². The zero-order chi connectivity index (χ0) is 14.8. The third-order valence-corrected chi connectivity index (χ3v) is 3.34. The number of nitrogen functional groups attached to an aromatic ring is 1. The van der Waals surface area contributed by atoms with E-state index in [-0.39, 0.29) is 6.09 Å². The normalized spacial score (nSPS) is 20.6. The fourth-order valence-corrected chi connectivity index (χ4v) is 2.40. The fraction of sp³-hybridized carbons (Fsp3) is 0.714. The Bertz CT molecular complexity index is 464. The van der Waals surface area contributed by atoms with Gasteiger partial charge in [-0.25, -0.2) is 4.79 Å². The number of rotatable bonds is 1. The van der Waals surface area contributed by atoms with E-state index in [9.17, 15) is 4.79 Å². The van der Waals surface area contributed by atoms with Gasteiger partial charge in [0.2, 0.25) is 0 Å². The van der Waals surface area contributed by atoms with Crippen molar-refractivity contribution in [2.75, 3.05) is 18.8 Å². The SMILES string of the molecule is CC(C)(C)OC(=O)N1CCCC(n2cc(N)cn2)CC1. The molecule has 0 aliphatic carbocycles. The van der Waals surface area contributed by atoms with Crippen LogP contribution in [0.1, 0.15) is 46.1 Å². The molecule has 1 amide bonds. The van der Waals surface area contributed by atoms with Gasteiger partial charge in [0.05, 0.1) is 17.9 Å². The first-order chi connectivity index (χ1) is 9.35. The highest BCUT2D eigenvalue weighted by molar-refractivity contribution is 5.68. The Kier molecular flexibility index (Phi) is 4.20. The number of likely N-dealkylation sites (tertiary alicyclic amines) is 1. The standard InChI is InChI=1S/C14H24N4O2/c1-14(2,3)20-13(19)17-7-4-5-12(6-8-17)18-10-11(15)9-16-18/h9-10,12H,4-8,15H2,1-3H3. The fourth-order valence-electron chi connectivity index (χ4n) is 2.40. The molecule has 1 atom stereocenters. The third-order valence-electron chi connectivity index (χ3n) is 3.34. The number of anilines is 1. The average Bonchev–Trinajstić information content (AvgIpc) is 2.62. The Morgan fingerprint density at radius 3 is 2.75 bits per heavy atom. The van der Waals surface area contributed by atoms with Crippen LogP contribution in [-0.4, -0.2) is 39.5 Å². The second-order valence-corrected chi connectivity index (χ2v) is 6.31. The van der Waals surface area contributed by atoms with Crippen LogP contribution >= 0.6 is 0 Å². The predicted octanol–water partition coefficient (Wildman–Crippen LogP) is 2.43. The minimum Gasteiger partial charge on any atom is -0.444 e. The molecule has 1 saturated heterocycles. The molecule has 20 heavy (non-hydrogen) atoms. The molecule has 1 aliphatic heterocycles. The van der Waals surface area contributed by atoms with Gasteiger partial charge >= 0.3 is 6.09 Å². The number of amides is 1. The lowest BCUT2D eigenvalue weighted by molar-refractivity contribution is 0.0255. The Labute approximate surface area is 119 Å². The molecule has 2 heterocycles. The van der Waals surface area contributed by atoms with Crippen LogP contribution in [0, 0.1) is 0 Å². The summed E-state index contributed by atoms with van der Waals surface area (Å²) in [5.41, 5.74) is 5.94. The molecule has 0 bridgehead atoms. The van der Waals surface area contributed by atoms with Gasteiger partial charge in [-0.2, -0.15) is 5.10 Å². The molecular weight excluding hydrogens is 256 g/mol. The van der Waals surface area contributed by atoms with Crippen molar-refractivity contribution in [3.8, 4) is 0 Å². The smallest absolute Gasteiger partial charge is 0.410 e. The molecule has 1 aromatic rings. The first-order valence-electron chi connectivity index (χ1n) is 7.13. The highest BCUT2D eigenvalue weighted by Crippen LogP contribution is 2.23. The maximum Gasteiger partial charge on any atom is 0.410 e. The highest BCUT2D eigenvalue weighted by atomic mass is 16.6. The molecule has 1 aromatic heterocycles. The molecule has 6 heteroatoms. The van der Waals surface area contributed by atoms with Crippen molar-refractivity contribution in [3.05, 3.63) is 12.4 Å². The highest BCUT2D eigenvalue weighted by Gasteiger charge is 2.25. The third kappa shape index (κ3) is 3.88. The molecule has 2 rings (SSSR count). The van der Waals surface area contributed by atoms with E-state index >= 15 is 0 Å². The van der Waals surface area contributed by atoms with Crippen LogP contribution < -0.4 is 5.73 Å². The zero-order valence-corrected chi connectivity index (χ0v) is 12.5. The van der Waals surface area contributed by atoms with Gasteiger partial charge in [-0.15, -0.1) is 0 Å². The van der Waals surface area contributed by atoms with E-state index in [2.05, 4.69) is 5.10 Å². The quantitative estimate of drug-likeness (QED) is 0.857. The van der Waals surface area contributed by atoms with Gasteiger partial charge in [0.15, 0.2) is 0 Å². The van der Waals surface area contributed by atoms with E-state index in [1.807, 2.05) is 31.6 Å². The van der Waals surface area contributed by atoms with Crippen LogP contribution in [0.15, 0.2) is 12.4 Å². The van der Waals surface area contributed by atoms with Gasteiger partial charge in [-0.3, -0.25) is 4.68 Å². The van der Waals surface area contributed by atoms with Crippen LogP contribution in [0.2, 0.25) is 0 Å². The first kappa shape index (κ1) is 14.7. The zero-order valence-electron chi connectivity index (χ0n) is 12.5. The molecule has 1 aliphatic rings. The summed E-state index contributed by atoms with van der Waals surface area (Å²) in [7, 11) is 0. The van der Waals surface area contributed by atoms with Gasteiger partial charge in [0.1, 0.15) is 5.60 Å². The molecule has 0 radical (unpaired) electrons. The van der Waals surface area contributed by atoms with Gasteiger partial charge in [-0.05, 0) is 40.0 Å². The van der Waals surface area contributed by atoms with Crippen molar-refractivity contribution >= 4 is 11.8 Å². The number of hydrogen-bond acceptors (Lipinski definition) is 4. The maximum atomic E-state index is 12.1. The summed E-state index contributed by atoms with van der Waals surface area (Å²) in [4.78, 5) is 13.9. The summed E-state index contributed by atoms with van der Waals surface area (Å²) in [5, 5.41) is 4.27. The second kappa shape index (κ2) is 5.73. The van der Waals surface area contributed by atoms with E-state index in [4.69, 9.17) is 10.5 Å². The Hall–Kier alpha value is -1.72. The van der Waals surface area contributed by atoms with Crippen molar-refractivity contribution < 1.29 is 9.53 Å². The number of ether oxygens (including phenoxy) is 1. The van der Waals surface area contributed by atoms with E-state index < -0.39 is 5.60 Å². The van der Waals surface area contributed by atoms with Gasteiger partial charge in [-0.1, -0.05) is 0 Å². The average molecular weight is 280 g/mol. The van der Waals surface area contributed by atoms with Crippen molar-refractivity contribution in [1.29, 1.82) is 0 Å². The summed E-state index contributed by atoms with van der Waals surface area (Å²) in [6, 6.07) is 0.305. The van der Waals surface area contributed by atoms with Crippen LogP contribution in [0.5, 0.6) is 0 Å². The Morgan fingerprint density at radius 1 is 1.40 bits per heavy atom. The van der Waals surface area contributed by atoms with Crippen LogP contribution in [0.4, 0.5) is 10.5 Å². The predicted molar refractivity (Wildman–Crippen MR) is 77.3 cm³/mol. The molecule has 0 saturated carbocycles. The molecule has 1 unspecified atom stereocenters. The van der Waals surface area contributed by atoms with E-state index in [0.717, 1.165) is 25.8 Å². The van der Waals surface area contributed by atoms with E-state index in [1.54, 1.807) is 11.1 Å². The van der Waals surface area contributed by atoms with E-state index in [0.29, 0.717) is 18.3 Å². The number of hydrogen-bond donors (Lipinski definition) is 1. The second-order valence-electron chi connectivity index (χ2n) is 6.31. The number of aromatic nitrogens is 2. The minimum absolute atomic E-state index is 0.224. The molecular formula is C14H24N4O2. The van der Waals surface area contributed by atoms with Crippen molar-refractivity contribution in [1.82, 2.24) is 14.7 Å². The number of nitrogens with two attached hydrogens (primary N) is 1. The number of carbonyl (C=O) groups is 1. The summed E-state index contributed by atoms with van der Waals surface area (Å²) in [6.45, 7) is 7.09. The monoisotopic (exact) mass is 280 g/mol. The molecule has 2 N–H and O–H groups in total. The molecule has 0 spiro atoms. The topological polar surface area (TPSA) is 73.4 Å². The maximum absolute atomic E-state index is 12.1. The molecule has 6 nitrogen and oxygen atoms in total. The summed E-state index contributed by atoms with van der Waals surface area (Å²) >= 11 is 0. The molecule has 112 valence electrons. The lowest BCUT2D eigenvalue weighted by Gasteiger charge is -2.26. The Morgan fingerprint density at radius 2 is 2.15 bits per heavy atom. The molecule has 1 fully saturated rings. The van der Waals surface area contributed by atoms with Crippen molar-refractivity contribution in [3.63, 3.8) is 0 Å². The first-order valence-corrected chi connectivity index (χ1v) is 7.13. The minimum atomic E-state index is -0.445. The number of nitrogens with zero attached hydrogens (tertiary/aromatic N) is 3.